The molecular weight excluding hydrogens is 210 g/mol. The number of carbonyl (C=O) groups is 2. The van der Waals surface area contributed by atoms with Crippen molar-refractivity contribution in [2.24, 2.45) is 11.1 Å². The molecule has 16 heavy (non-hydrogen) atoms. The number of oxime groups is 1. The van der Waals surface area contributed by atoms with E-state index in [1.807, 2.05) is 6.92 Å². The molecule has 0 heterocycles. The standard InChI is InChI=1S/C11H17NO4/c1-7-5-3-4-6-9(7)16-12-10(8(2)13)11(14)15/h7,9H,3-6H2,1-2H3,(H,14,15)/p-1/b12-10-. The fraction of sp³-hybridized carbons (Fsp3) is 0.727. The third-order valence-electron chi connectivity index (χ3n) is 2.84. The zero-order valence-electron chi connectivity index (χ0n) is 9.56. The summed E-state index contributed by atoms with van der Waals surface area (Å²) in [5.74, 6) is -1.90. The second-order valence-electron chi connectivity index (χ2n) is 4.19. The van der Waals surface area contributed by atoms with Gasteiger partial charge in [0.05, 0.1) is 5.97 Å². The number of Topliss-reactive ketones (excluding diaryl/α,β-unsaturated/α-hetero) is 1. The Morgan fingerprint density at radius 3 is 2.44 bits per heavy atom. The van der Waals surface area contributed by atoms with E-state index < -0.39 is 17.5 Å². The van der Waals surface area contributed by atoms with Gasteiger partial charge in [0.25, 0.3) is 0 Å². The summed E-state index contributed by atoms with van der Waals surface area (Å²) < 4.78 is 0. The van der Waals surface area contributed by atoms with Crippen LogP contribution in [0.3, 0.4) is 0 Å². The van der Waals surface area contributed by atoms with E-state index in [0.29, 0.717) is 5.92 Å². The molecule has 0 spiro atoms. The van der Waals surface area contributed by atoms with Gasteiger partial charge in [0, 0.05) is 6.92 Å². The molecule has 2 atom stereocenters. The number of rotatable bonds is 4. The van der Waals surface area contributed by atoms with Gasteiger partial charge in [-0.1, -0.05) is 18.5 Å². The SMILES string of the molecule is CC(=O)/C(=N/OC1CCCCC1C)C(=O)[O-]. The van der Waals surface area contributed by atoms with E-state index in [2.05, 4.69) is 5.16 Å². The lowest BCUT2D eigenvalue weighted by molar-refractivity contribution is -0.294. The van der Waals surface area contributed by atoms with E-state index >= 15 is 0 Å². The summed E-state index contributed by atoms with van der Waals surface area (Å²) in [5.41, 5.74) is -0.641. The van der Waals surface area contributed by atoms with Gasteiger partial charge >= 0.3 is 0 Å². The van der Waals surface area contributed by atoms with Gasteiger partial charge in [-0.15, -0.1) is 0 Å². The average molecular weight is 226 g/mol. The minimum Gasteiger partial charge on any atom is -0.543 e. The molecule has 1 aliphatic rings. The van der Waals surface area contributed by atoms with Gasteiger partial charge in [-0.3, -0.25) is 4.79 Å². The van der Waals surface area contributed by atoms with E-state index in [0.717, 1.165) is 32.6 Å². The first-order chi connectivity index (χ1) is 7.52. The highest BCUT2D eigenvalue weighted by molar-refractivity contribution is 6.62. The molecule has 5 nitrogen and oxygen atoms in total. The lowest BCUT2D eigenvalue weighted by Gasteiger charge is -2.26. The van der Waals surface area contributed by atoms with E-state index in [4.69, 9.17) is 4.84 Å². The number of aliphatic carboxylic acids is 1. The van der Waals surface area contributed by atoms with E-state index in [1.165, 1.54) is 0 Å². The van der Waals surface area contributed by atoms with Crippen LogP contribution in [0.2, 0.25) is 0 Å². The first-order valence-corrected chi connectivity index (χ1v) is 5.48. The summed E-state index contributed by atoms with van der Waals surface area (Å²) >= 11 is 0. The molecule has 0 saturated heterocycles. The molecule has 0 aromatic carbocycles. The summed E-state index contributed by atoms with van der Waals surface area (Å²) in [5, 5.41) is 14.0. The second kappa shape index (κ2) is 5.63. The van der Waals surface area contributed by atoms with Gasteiger partial charge in [0.15, 0.2) is 11.5 Å². The Kier molecular flexibility index (Phi) is 4.46. The van der Waals surface area contributed by atoms with Crippen LogP contribution in [0, 0.1) is 5.92 Å². The van der Waals surface area contributed by atoms with Crippen LogP contribution in [0.1, 0.15) is 39.5 Å². The third-order valence-corrected chi connectivity index (χ3v) is 2.84. The topological polar surface area (TPSA) is 78.8 Å². The van der Waals surface area contributed by atoms with Gasteiger partial charge in [-0.05, 0) is 25.2 Å². The number of hydrogen-bond acceptors (Lipinski definition) is 5. The molecule has 0 aromatic heterocycles. The Hall–Kier alpha value is -1.39. The van der Waals surface area contributed by atoms with Crippen LogP contribution in [-0.2, 0) is 14.4 Å². The average Bonchev–Trinajstić information content (AvgIpc) is 2.20. The minimum absolute atomic E-state index is 0.0950. The van der Waals surface area contributed by atoms with Gasteiger partial charge in [0.2, 0.25) is 0 Å². The Morgan fingerprint density at radius 2 is 1.94 bits per heavy atom. The van der Waals surface area contributed by atoms with Crippen molar-refractivity contribution in [3.8, 4) is 0 Å². The minimum atomic E-state index is -1.59. The molecule has 0 radical (unpaired) electrons. The van der Waals surface area contributed by atoms with Crippen molar-refractivity contribution in [1.82, 2.24) is 0 Å². The van der Waals surface area contributed by atoms with E-state index in [1.54, 1.807) is 0 Å². The predicted molar refractivity (Wildman–Crippen MR) is 55.6 cm³/mol. The molecule has 0 aromatic rings. The summed E-state index contributed by atoms with van der Waals surface area (Å²) in [6.45, 7) is 3.16. The molecule has 0 bridgehead atoms. The van der Waals surface area contributed by atoms with E-state index in [9.17, 15) is 14.7 Å². The van der Waals surface area contributed by atoms with Crippen LogP contribution in [0.4, 0.5) is 0 Å². The van der Waals surface area contributed by atoms with Gasteiger partial charge in [0.1, 0.15) is 6.10 Å². The molecule has 0 N–H and O–H groups in total. The van der Waals surface area contributed by atoms with Gasteiger partial charge in [-0.2, -0.15) is 0 Å². The predicted octanol–water partition coefficient (Wildman–Crippen LogP) is 0.277. The first-order valence-electron chi connectivity index (χ1n) is 5.48. The maximum absolute atomic E-state index is 10.9. The first kappa shape index (κ1) is 12.7. The zero-order valence-corrected chi connectivity index (χ0v) is 9.56. The highest BCUT2D eigenvalue weighted by atomic mass is 16.6. The number of nitrogens with zero attached hydrogens (tertiary/aromatic N) is 1. The van der Waals surface area contributed by atoms with Crippen molar-refractivity contribution in [1.29, 1.82) is 0 Å². The fourth-order valence-corrected chi connectivity index (χ4v) is 1.80. The number of carbonyl (C=O) groups excluding carboxylic acids is 2. The number of ketones is 1. The van der Waals surface area contributed by atoms with Crippen molar-refractivity contribution in [3.05, 3.63) is 0 Å². The summed E-state index contributed by atoms with van der Waals surface area (Å²) in [7, 11) is 0. The fourth-order valence-electron chi connectivity index (χ4n) is 1.80. The second-order valence-corrected chi connectivity index (χ2v) is 4.19. The van der Waals surface area contributed by atoms with E-state index in [-0.39, 0.29) is 6.10 Å². The Balaban J connectivity index is 2.61. The van der Waals surface area contributed by atoms with Crippen molar-refractivity contribution in [3.63, 3.8) is 0 Å². The molecule has 0 amide bonds. The third kappa shape index (κ3) is 3.32. The van der Waals surface area contributed by atoms with Crippen LogP contribution in [0.5, 0.6) is 0 Å². The lowest BCUT2D eigenvalue weighted by atomic mass is 9.88. The van der Waals surface area contributed by atoms with Crippen molar-refractivity contribution >= 4 is 17.5 Å². The summed E-state index contributed by atoms with van der Waals surface area (Å²) in [4.78, 5) is 26.6. The number of hydrogen-bond donors (Lipinski definition) is 0. The largest absolute Gasteiger partial charge is 0.543 e. The maximum atomic E-state index is 10.9. The maximum Gasteiger partial charge on any atom is 0.183 e. The number of carboxylic acids is 1. The van der Waals surface area contributed by atoms with Crippen LogP contribution < -0.4 is 5.11 Å². The summed E-state index contributed by atoms with van der Waals surface area (Å²) in [6, 6.07) is 0. The molecule has 90 valence electrons. The van der Waals surface area contributed by atoms with Crippen LogP contribution in [0.25, 0.3) is 0 Å². The Labute approximate surface area is 94.5 Å². The molecule has 2 unspecified atom stereocenters. The zero-order chi connectivity index (χ0) is 12.1. The lowest BCUT2D eigenvalue weighted by Crippen LogP contribution is -2.36. The molecule has 1 aliphatic carbocycles. The Bertz CT molecular complexity index is 295. The van der Waals surface area contributed by atoms with Gasteiger partial charge in [-0.25, -0.2) is 0 Å². The van der Waals surface area contributed by atoms with Gasteiger partial charge < -0.3 is 14.7 Å². The molecule has 1 saturated carbocycles. The van der Waals surface area contributed by atoms with Crippen molar-refractivity contribution in [2.75, 3.05) is 0 Å². The highest BCUT2D eigenvalue weighted by Gasteiger charge is 2.23. The molecular formula is C11H16NO4-. The summed E-state index contributed by atoms with van der Waals surface area (Å²) in [6.07, 6.45) is 4.00. The smallest absolute Gasteiger partial charge is 0.183 e. The Morgan fingerprint density at radius 1 is 1.31 bits per heavy atom. The quantitative estimate of drug-likeness (QED) is 0.392. The van der Waals surface area contributed by atoms with Crippen LogP contribution in [-0.4, -0.2) is 23.6 Å². The normalized spacial score (nSPS) is 26.2. The van der Waals surface area contributed by atoms with Crippen LogP contribution in [0.15, 0.2) is 5.16 Å². The van der Waals surface area contributed by atoms with Crippen LogP contribution >= 0.6 is 0 Å². The van der Waals surface area contributed by atoms with Crippen molar-refractivity contribution in [2.45, 2.75) is 45.6 Å². The highest BCUT2D eigenvalue weighted by Crippen LogP contribution is 2.26. The molecule has 1 fully saturated rings. The molecule has 0 aliphatic heterocycles. The number of carboxylic acid groups (broad SMARTS) is 1. The molecule has 1 rings (SSSR count). The molecule has 5 heteroatoms. The monoisotopic (exact) mass is 226 g/mol. The van der Waals surface area contributed by atoms with Crippen molar-refractivity contribution < 1.29 is 19.5 Å².